The van der Waals surface area contributed by atoms with E-state index >= 15 is 0 Å². The van der Waals surface area contributed by atoms with Crippen LogP contribution in [0.4, 0.5) is 0 Å². The van der Waals surface area contributed by atoms with Crippen molar-refractivity contribution >= 4 is 11.6 Å². The average Bonchev–Trinajstić information content (AvgIpc) is 3.08. The number of aryl methyl sites for hydroxylation is 1. The minimum Gasteiger partial charge on any atom is -0.325 e. The van der Waals surface area contributed by atoms with Crippen LogP contribution in [0.25, 0.3) is 11.4 Å². The highest BCUT2D eigenvalue weighted by Crippen LogP contribution is 2.32. The number of hydrogen-bond acceptors (Lipinski definition) is 2. The Labute approximate surface area is 185 Å². The van der Waals surface area contributed by atoms with Gasteiger partial charge in [0.25, 0.3) is 0 Å². The molecule has 2 heterocycles. The largest absolute Gasteiger partial charge is 0.325 e. The molecule has 2 aromatic carbocycles. The quantitative estimate of drug-likeness (QED) is 0.423. The first-order chi connectivity index (χ1) is 14.7. The summed E-state index contributed by atoms with van der Waals surface area (Å²) in [5.41, 5.74) is 5.04. The van der Waals surface area contributed by atoms with Gasteiger partial charge in [0.05, 0.1) is 5.69 Å². The summed E-state index contributed by atoms with van der Waals surface area (Å²) in [6.45, 7) is 8.42. The van der Waals surface area contributed by atoms with Gasteiger partial charge < -0.3 is 4.57 Å². The summed E-state index contributed by atoms with van der Waals surface area (Å²) < 4.78 is 2.38. The number of likely N-dealkylation sites (tertiary alicyclic amines) is 1. The first-order valence-corrected chi connectivity index (χ1v) is 11.6. The number of piperidine rings is 1. The van der Waals surface area contributed by atoms with Gasteiger partial charge in [0.1, 0.15) is 5.82 Å². The Morgan fingerprint density at radius 3 is 2.60 bits per heavy atom. The number of aromatic nitrogens is 2. The van der Waals surface area contributed by atoms with Crippen molar-refractivity contribution < 1.29 is 0 Å². The molecule has 3 aromatic rings. The highest BCUT2D eigenvalue weighted by molar-refractivity contribution is 6.30. The minimum absolute atomic E-state index is 0.599. The van der Waals surface area contributed by atoms with E-state index in [-0.39, 0.29) is 0 Å². The van der Waals surface area contributed by atoms with Crippen LogP contribution in [-0.2, 0) is 13.1 Å². The standard InChI is InChI=1S/C26H32ClN3/c1-3-4-17-30-24(25(27)28-26(30)23-15-9-8-11-20(23)2)19-29-16-10-14-22(18-29)21-12-6-5-7-13-21/h5-9,11-13,15,22H,3-4,10,14,16-19H2,1-2H3. The van der Waals surface area contributed by atoms with Gasteiger partial charge in [-0.2, -0.15) is 0 Å². The molecule has 3 nitrogen and oxygen atoms in total. The Morgan fingerprint density at radius 2 is 1.83 bits per heavy atom. The minimum atomic E-state index is 0.599. The number of imidazole rings is 1. The molecule has 1 unspecified atom stereocenters. The van der Waals surface area contributed by atoms with Crippen LogP contribution in [0.15, 0.2) is 54.6 Å². The first kappa shape index (κ1) is 21.1. The number of benzene rings is 2. The van der Waals surface area contributed by atoms with Gasteiger partial charge in [0, 0.05) is 25.2 Å². The van der Waals surface area contributed by atoms with Gasteiger partial charge in [-0.15, -0.1) is 0 Å². The van der Waals surface area contributed by atoms with Crippen molar-refractivity contribution in [1.29, 1.82) is 0 Å². The van der Waals surface area contributed by atoms with E-state index in [1.54, 1.807) is 0 Å². The summed E-state index contributed by atoms with van der Waals surface area (Å²) in [6.07, 6.45) is 4.77. The Kier molecular flexibility index (Phi) is 6.91. The molecule has 1 atom stereocenters. The highest BCUT2D eigenvalue weighted by Gasteiger charge is 2.25. The molecule has 1 aliphatic rings. The zero-order chi connectivity index (χ0) is 20.9. The normalized spacial score (nSPS) is 17.4. The highest BCUT2D eigenvalue weighted by atomic mass is 35.5. The van der Waals surface area contributed by atoms with Crippen molar-refractivity contribution in [3.63, 3.8) is 0 Å². The summed E-state index contributed by atoms with van der Waals surface area (Å²) in [6, 6.07) is 19.4. The second-order valence-corrected chi connectivity index (χ2v) is 8.84. The second kappa shape index (κ2) is 9.80. The molecule has 0 radical (unpaired) electrons. The van der Waals surface area contributed by atoms with Gasteiger partial charge >= 0.3 is 0 Å². The van der Waals surface area contributed by atoms with Gasteiger partial charge in [-0.05, 0) is 49.8 Å². The van der Waals surface area contributed by atoms with E-state index in [2.05, 4.69) is 77.9 Å². The summed E-state index contributed by atoms with van der Waals surface area (Å²) in [5, 5.41) is 0.659. The molecule has 1 fully saturated rings. The number of halogens is 1. The van der Waals surface area contributed by atoms with E-state index in [4.69, 9.17) is 16.6 Å². The van der Waals surface area contributed by atoms with Gasteiger partial charge in [-0.25, -0.2) is 4.98 Å². The lowest BCUT2D eigenvalue weighted by molar-refractivity contribution is 0.196. The van der Waals surface area contributed by atoms with Crippen LogP contribution < -0.4 is 0 Å². The molecule has 0 aliphatic carbocycles. The molecule has 30 heavy (non-hydrogen) atoms. The predicted octanol–water partition coefficient (Wildman–Crippen LogP) is 6.69. The van der Waals surface area contributed by atoms with Crippen molar-refractivity contribution in [2.45, 2.75) is 58.5 Å². The van der Waals surface area contributed by atoms with Crippen molar-refractivity contribution in [3.8, 4) is 11.4 Å². The van der Waals surface area contributed by atoms with E-state index in [1.807, 2.05) is 0 Å². The molecule has 0 N–H and O–H groups in total. The Morgan fingerprint density at radius 1 is 1.07 bits per heavy atom. The van der Waals surface area contributed by atoms with Gasteiger partial charge in [-0.3, -0.25) is 4.90 Å². The summed E-state index contributed by atoms with van der Waals surface area (Å²) >= 11 is 6.75. The molecule has 0 spiro atoms. The maximum absolute atomic E-state index is 6.75. The fourth-order valence-corrected chi connectivity index (χ4v) is 4.84. The lowest BCUT2D eigenvalue weighted by Gasteiger charge is -2.33. The van der Waals surface area contributed by atoms with Crippen LogP contribution in [0, 0.1) is 6.92 Å². The third kappa shape index (κ3) is 4.63. The topological polar surface area (TPSA) is 21.1 Å². The van der Waals surface area contributed by atoms with Crippen molar-refractivity contribution in [2.75, 3.05) is 13.1 Å². The molecule has 4 rings (SSSR count). The molecular formula is C26H32ClN3. The van der Waals surface area contributed by atoms with E-state index < -0.39 is 0 Å². The van der Waals surface area contributed by atoms with Crippen LogP contribution in [0.3, 0.4) is 0 Å². The van der Waals surface area contributed by atoms with Crippen LogP contribution in [0.2, 0.25) is 5.15 Å². The fourth-order valence-electron chi connectivity index (χ4n) is 4.60. The van der Waals surface area contributed by atoms with Gasteiger partial charge in [-0.1, -0.05) is 79.5 Å². The van der Waals surface area contributed by atoms with E-state index in [9.17, 15) is 0 Å². The smallest absolute Gasteiger partial charge is 0.152 e. The van der Waals surface area contributed by atoms with Crippen molar-refractivity contribution in [2.24, 2.45) is 0 Å². The SMILES string of the molecule is CCCCn1c(-c2ccccc2C)nc(Cl)c1CN1CCCC(c2ccccc2)C1. The van der Waals surface area contributed by atoms with E-state index in [0.29, 0.717) is 11.1 Å². The Balaban J connectivity index is 1.61. The molecule has 1 aliphatic heterocycles. The third-order valence-electron chi connectivity index (χ3n) is 6.29. The molecular weight excluding hydrogens is 390 g/mol. The molecule has 1 saturated heterocycles. The van der Waals surface area contributed by atoms with Crippen LogP contribution in [-0.4, -0.2) is 27.5 Å². The zero-order valence-electron chi connectivity index (χ0n) is 18.1. The maximum atomic E-state index is 6.75. The lowest BCUT2D eigenvalue weighted by atomic mass is 9.90. The number of nitrogens with zero attached hydrogens (tertiary/aromatic N) is 3. The summed E-state index contributed by atoms with van der Waals surface area (Å²) in [5.74, 6) is 1.61. The second-order valence-electron chi connectivity index (χ2n) is 8.48. The molecule has 0 amide bonds. The van der Waals surface area contributed by atoms with Gasteiger partial charge in [0.15, 0.2) is 5.15 Å². The molecule has 1 aromatic heterocycles. The molecule has 4 heteroatoms. The maximum Gasteiger partial charge on any atom is 0.152 e. The van der Waals surface area contributed by atoms with Crippen LogP contribution in [0.5, 0.6) is 0 Å². The van der Waals surface area contributed by atoms with Crippen molar-refractivity contribution in [3.05, 3.63) is 76.6 Å². The van der Waals surface area contributed by atoms with Crippen LogP contribution in [0.1, 0.15) is 55.3 Å². The number of hydrogen-bond donors (Lipinski definition) is 0. The molecule has 0 saturated carbocycles. The third-order valence-corrected chi connectivity index (χ3v) is 6.60. The van der Waals surface area contributed by atoms with Crippen LogP contribution >= 0.6 is 11.6 Å². The Hall–Kier alpha value is -2.10. The average molecular weight is 422 g/mol. The fraction of sp³-hybridized carbons (Fsp3) is 0.423. The van der Waals surface area contributed by atoms with E-state index in [1.165, 1.54) is 29.5 Å². The predicted molar refractivity (Wildman–Crippen MR) is 126 cm³/mol. The van der Waals surface area contributed by atoms with Crippen molar-refractivity contribution in [1.82, 2.24) is 14.5 Å². The van der Waals surface area contributed by atoms with E-state index in [0.717, 1.165) is 50.5 Å². The first-order valence-electron chi connectivity index (χ1n) is 11.3. The number of rotatable bonds is 7. The zero-order valence-corrected chi connectivity index (χ0v) is 18.9. The summed E-state index contributed by atoms with van der Waals surface area (Å²) in [7, 11) is 0. The summed E-state index contributed by atoms with van der Waals surface area (Å²) in [4.78, 5) is 7.40. The number of unbranched alkanes of at least 4 members (excludes halogenated alkanes) is 1. The monoisotopic (exact) mass is 421 g/mol. The molecule has 158 valence electrons. The lowest BCUT2D eigenvalue weighted by Crippen LogP contribution is -2.34. The molecule has 0 bridgehead atoms. The van der Waals surface area contributed by atoms with Gasteiger partial charge in [0.2, 0.25) is 0 Å². The Bertz CT molecular complexity index is 964.